The Balaban J connectivity index is 0.000000183. The van der Waals surface area contributed by atoms with E-state index in [2.05, 4.69) is 41.5 Å². The van der Waals surface area contributed by atoms with Crippen molar-refractivity contribution in [3.8, 4) is 34.4 Å². The number of halogens is 6. The molecule has 0 unspecified atom stereocenters. The molecular formula is C50H42F6N10O6S2Zn. The van der Waals surface area contributed by atoms with Gasteiger partial charge in [-0.05, 0) is 47.5 Å². The normalized spacial score (nSPS) is 15.7. The van der Waals surface area contributed by atoms with Crippen LogP contribution in [-0.4, -0.2) is 79.2 Å². The molecule has 9 rings (SSSR count). The van der Waals surface area contributed by atoms with E-state index in [4.69, 9.17) is 0 Å². The van der Waals surface area contributed by atoms with Crippen LogP contribution in [0, 0.1) is 22.7 Å². The van der Waals surface area contributed by atoms with Crippen LogP contribution in [0.5, 0.6) is 0 Å². The van der Waals surface area contributed by atoms with E-state index in [1.54, 1.807) is 70.8 Å². The van der Waals surface area contributed by atoms with Crippen LogP contribution in [0.1, 0.15) is 71.5 Å². The summed E-state index contributed by atoms with van der Waals surface area (Å²) in [7, 11) is -8.19. The van der Waals surface area contributed by atoms with Gasteiger partial charge < -0.3 is 28.8 Å². The SMILES string of the molecule is Cn1cncc1[C@H](O)c1ccc(C#N)c(-c2cccc3cccnc23)c1.Cn1cncc1[C@H](O)c1ccc(C#N)c(-c2cccc3cccnc23)c1.O=S(=O)([N-][C@@H]1CCCC[C@H]1[N-]S(=O)(=O)C(F)(F)F)C(F)(F)F.[Zn+2]. The predicted molar refractivity (Wildman–Crippen MR) is 261 cm³/mol. The zero-order valence-electron chi connectivity index (χ0n) is 39.6. The van der Waals surface area contributed by atoms with Crippen molar-refractivity contribution >= 4 is 41.9 Å². The number of aromatic nitrogens is 6. The Hall–Kier alpha value is -6.96. The molecule has 16 nitrogen and oxygen atoms in total. The van der Waals surface area contributed by atoms with Crippen molar-refractivity contribution in [3.05, 3.63) is 178 Å². The number of benzene rings is 4. The molecule has 0 amide bonds. The third-order valence-corrected chi connectivity index (χ3v) is 14.2. The van der Waals surface area contributed by atoms with Crippen molar-refractivity contribution in [2.75, 3.05) is 0 Å². The van der Waals surface area contributed by atoms with Gasteiger partial charge in [0.05, 0.1) is 70.7 Å². The first-order chi connectivity index (χ1) is 35.0. The Morgan fingerprint density at radius 1 is 0.600 bits per heavy atom. The van der Waals surface area contributed by atoms with Crippen LogP contribution >= 0.6 is 0 Å². The van der Waals surface area contributed by atoms with Gasteiger partial charge in [-0.2, -0.15) is 36.9 Å². The molecule has 4 heterocycles. The fraction of sp³-hybridized carbons (Fsp3) is 0.240. The van der Waals surface area contributed by atoms with Crippen LogP contribution < -0.4 is 0 Å². The van der Waals surface area contributed by atoms with E-state index in [0.717, 1.165) is 44.1 Å². The quantitative estimate of drug-likeness (QED) is 0.0960. The summed E-state index contributed by atoms with van der Waals surface area (Å²) in [6.45, 7) is 0. The van der Waals surface area contributed by atoms with Gasteiger partial charge in [0.15, 0.2) is 20.0 Å². The maximum atomic E-state index is 12.2. The Morgan fingerprint density at radius 2 is 0.973 bits per heavy atom. The average molecular weight is 1120 g/mol. The number of pyridine rings is 2. The van der Waals surface area contributed by atoms with E-state index in [0.29, 0.717) is 33.6 Å². The molecule has 0 radical (unpaired) electrons. The number of aliphatic hydroxyl groups is 2. The standard InChI is InChI=1S/2C21H16N4O.C8H10F6N2O4S2.Zn/c2*1-25-13-23-12-19(25)21(26)15-7-8-16(11-22)18(10-15)17-6-2-4-14-5-3-9-24-20(14)17;9-7(10,11)21(17,18)15-5-3-1-2-4-6(5)16-22(19,20)8(12,13)14;/h2*2-10,12-13,21,26H,1H3;5-6H,1-4H2;/q;;-2;+2/t2*21-;5-,6-;/m111./s1. The zero-order chi connectivity index (χ0) is 53.6. The van der Waals surface area contributed by atoms with Crippen LogP contribution in [0.15, 0.2) is 135 Å². The molecule has 25 heteroatoms. The average Bonchev–Trinajstić information content (AvgIpc) is 4.02. The van der Waals surface area contributed by atoms with Gasteiger partial charge >= 0.3 is 30.5 Å². The minimum atomic E-state index is -5.93. The molecule has 1 saturated carbocycles. The van der Waals surface area contributed by atoms with Crippen molar-refractivity contribution in [2.45, 2.75) is 61.0 Å². The van der Waals surface area contributed by atoms with Gasteiger partial charge in [-0.25, -0.2) is 26.8 Å². The molecule has 0 bridgehead atoms. The smallest absolute Gasteiger partial charge is 0.540 e. The number of alkyl halides is 6. The van der Waals surface area contributed by atoms with E-state index < -0.39 is 55.4 Å². The molecule has 0 saturated heterocycles. The minimum absolute atomic E-state index is 0. The van der Waals surface area contributed by atoms with E-state index in [9.17, 15) is 63.9 Å². The van der Waals surface area contributed by atoms with Gasteiger partial charge in [0, 0.05) is 59.5 Å². The second-order valence-corrected chi connectivity index (χ2v) is 20.0. The topological polar surface area (TPSA) is 246 Å². The molecule has 1 aliphatic carbocycles. The first kappa shape index (κ1) is 57.3. The Morgan fingerprint density at radius 3 is 1.31 bits per heavy atom. The summed E-state index contributed by atoms with van der Waals surface area (Å²) in [5.74, 6) is 0. The third-order valence-electron chi connectivity index (χ3n) is 11.9. The number of imidazole rings is 2. The molecule has 0 aliphatic heterocycles. The van der Waals surface area contributed by atoms with Gasteiger partial charge in [0.1, 0.15) is 12.2 Å². The monoisotopic (exact) mass is 1120 g/mol. The number of para-hydroxylation sites is 2. The second-order valence-electron chi connectivity index (χ2n) is 16.7. The van der Waals surface area contributed by atoms with Crippen molar-refractivity contribution in [3.63, 3.8) is 0 Å². The summed E-state index contributed by atoms with van der Waals surface area (Å²) >= 11 is 0. The number of rotatable bonds is 10. The van der Waals surface area contributed by atoms with Crippen molar-refractivity contribution < 1.29 is 72.9 Å². The molecule has 1 fully saturated rings. The number of aliphatic hydroxyl groups excluding tert-OH is 2. The maximum absolute atomic E-state index is 12.2. The van der Waals surface area contributed by atoms with Crippen LogP contribution in [0.4, 0.5) is 26.3 Å². The molecule has 8 aromatic rings. The van der Waals surface area contributed by atoms with Gasteiger partial charge in [0.25, 0.3) is 0 Å². The summed E-state index contributed by atoms with van der Waals surface area (Å²) < 4.78 is 126. The van der Waals surface area contributed by atoms with Crippen LogP contribution in [0.2, 0.25) is 0 Å². The fourth-order valence-corrected chi connectivity index (χ4v) is 9.61. The first-order valence-corrected chi connectivity index (χ1v) is 25.0. The molecule has 4 atom stereocenters. The Labute approximate surface area is 439 Å². The number of nitriles is 2. The van der Waals surface area contributed by atoms with E-state index in [-0.39, 0.29) is 45.2 Å². The molecule has 4 aromatic carbocycles. The van der Waals surface area contributed by atoms with Crippen LogP contribution in [0.3, 0.4) is 0 Å². The largest absolute Gasteiger partial charge is 2.00 e. The Bertz CT molecular complexity index is 3390. The summed E-state index contributed by atoms with van der Waals surface area (Å²) in [4.78, 5) is 17.1. The molecule has 75 heavy (non-hydrogen) atoms. The number of hydrogen-bond donors (Lipinski definition) is 2. The van der Waals surface area contributed by atoms with Crippen molar-refractivity contribution in [2.24, 2.45) is 14.1 Å². The molecular weight excluding hydrogens is 1080 g/mol. The molecule has 4 aromatic heterocycles. The fourth-order valence-electron chi connectivity index (χ4n) is 8.16. The summed E-state index contributed by atoms with van der Waals surface area (Å²) in [5.41, 5.74) is -2.61. The number of hydrogen-bond acceptors (Lipinski definition) is 12. The predicted octanol–water partition coefficient (Wildman–Crippen LogP) is 9.92. The van der Waals surface area contributed by atoms with E-state index in [1.807, 2.05) is 86.9 Å². The van der Waals surface area contributed by atoms with Gasteiger partial charge in [-0.15, -0.1) is 12.1 Å². The molecule has 0 spiro atoms. The van der Waals surface area contributed by atoms with Gasteiger partial charge in [-0.3, -0.25) is 9.97 Å². The van der Waals surface area contributed by atoms with Crippen LogP contribution in [-0.2, 0) is 53.6 Å². The number of fused-ring (bicyclic) bond motifs is 2. The summed E-state index contributed by atoms with van der Waals surface area (Å²) in [5, 5.41) is 42.6. The molecule has 1 aliphatic rings. The number of sulfonamides is 2. The first-order valence-electron chi connectivity index (χ1n) is 22.2. The van der Waals surface area contributed by atoms with Gasteiger partial charge in [0.2, 0.25) is 0 Å². The zero-order valence-corrected chi connectivity index (χ0v) is 44.2. The van der Waals surface area contributed by atoms with Crippen molar-refractivity contribution in [1.82, 2.24) is 29.1 Å². The minimum Gasteiger partial charge on any atom is -0.540 e. The molecule has 384 valence electrons. The summed E-state index contributed by atoms with van der Waals surface area (Å²) in [6.07, 6.45) is 8.19. The molecule has 2 N–H and O–H groups in total. The second kappa shape index (κ2) is 23.7. The van der Waals surface area contributed by atoms with Gasteiger partial charge in [-0.1, -0.05) is 86.3 Å². The number of nitrogens with zero attached hydrogens (tertiary/aromatic N) is 10. The van der Waals surface area contributed by atoms with E-state index >= 15 is 0 Å². The van der Waals surface area contributed by atoms with Crippen LogP contribution in [0.25, 0.3) is 53.5 Å². The Kier molecular flexibility index (Phi) is 18.1. The van der Waals surface area contributed by atoms with E-state index in [1.165, 1.54) is 0 Å². The van der Waals surface area contributed by atoms with Crippen molar-refractivity contribution in [1.29, 1.82) is 10.5 Å². The summed E-state index contributed by atoms with van der Waals surface area (Å²) in [6, 6.07) is 31.2. The third kappa shape index (κ3) is 12.9. The number of aryl methyl sites for hydroxylation is 2. The maximum Gasteiger partial charge on any atom is 2.00 e.